The van der Waals surface area contributed by atoms with E-state index in [1.165, 1.54) is 17.5 Å². The summed E-state index contributed by atoms with van der Waals surface area (Å²) in [4.78, 5) is 28.1. The minimum Gasteiger partial charge on any atom is -0.338 e. The molecule has 3 unspecified atom stereocenters. The zero-order valence-corrected chi connectivity index (χ0v) is 28.5. The first-order valence-corrected chi connectivity index (χ1v) is 16.5. The van der Waals surface area contributed by atoms with Gasteiger partial charge >= 0.3 is 0 Å². The molecule has 0 aliphatic carbocycles. The summed E-state index contributed by atoms with van der Waals surface area (Å²) in [7, 11) is 0. The third-order valence-corrected chi connectivity index (χ3v) is 8.11. The van der Waals surface area contributed by atoms with Crippen molar-refractivity contribution in [3.05, 3.63) is 71.8 Å². The van der Waals surface area contributed by atoms with Crippen LogP contribution in [0.4, 0.5) is 0 Å². The number of rotatable bonds is 7. The number of carbonyl (C=O) groups is 2. The van der Waals surface area contributed by atoms with Crippen LogP contribution >= 0.6 is 15.9 Å². The molecule has 2 aromatic rings. The first-order valence-electron chi connectivity index (χ1n) is 15.4. The molecule has 228 valence electrons. The molecule has 0 N–H and O–H groups in total. The van der Waals surface area contributed by atoms with Gasteiger partial charge < -0.3 is 9.80 Å². The van der Waals surface area contributed by atoms with E-state index in [0.717, 1.165) is 44.4 Å². The van der Waals surface area contributed by atoms with Crippen molar-refractivity contribution in [2.24, 2.45) is 28.6 Å². The van der Waals surface area contributed by atoms with E-state index in [4.69, 9.17) is 0 Å². The van der Waals surface area contributed by atoms with Crippen molar-refractivity contribution in [2.75, 3.05) is 18.4 Å². The van der Waals surface area contributed by atoms with E-state index < -0.39 is 0 Å². The molecule has 5 heteroatoms. The molecule has 4 nitrogen and oxygen atoms in total. The summed E-state index contributed by atoms with van der Waals surface area (Å²) in [6.07, 6.45) is 4.11. The molecule has 0 radical (unpaired) electrons. The van der Waals surface area contributed by atoms with Crippen LogP contribution in [0.3, 0.4) is 0 Å². The molecule has 2 heterocycles. The highest BCUT2D eigenvalue weighted by Gasteiger charge is 2.37. The summed E-state index contributed by atoms with van der Waals surface area (Å²) in [6.45, 7) is 21.2. The summed E-state index contributed by atoms with van der Waals surface area (Å²) >= 11 is 3.39. The third kappa shape index (κ3) is 13.6. The van der Waals surface area contributed by atoms with E-state index in [1.54, 1.807) is 0 Å². The molecule has 4 rings (SSSR count). The van der Waals surface area contributed by atoms with Crippen LogP contribution in [0.5, 0.6) is 0 Å². The van der Waals surface area contributed by atoms with Crippen LogP contribution in [-0.4, -0.2) is 40.0 Å². The Hall–Kier alpha value is -2.14. The number of hydrogen-bond donors (Lipinski definition) is 0. The fraction of sp³-hybridized carbons (Fsp3) is 0.611. The summed E-state index contributed by atoms with van der Waals surface area (Å²) in [5, 5.41) is 1.12. The molecule has 2 aliphatic heterocycles. The molecule has 0 spiro atoms. The van der Waals surface area contributed by atoms with Crippen molar-refractivity contribution in [1.29, 1.82) is 0 Å². The number of benzene rings is 2. The lowest BCUT2D eigenvalue weighted by molar-refractivity contribution is -0.132. The molecule has 0 aromatic heterocycles. The van der Waals surface area contributed by atoms with Crippen molar-refractivity contribution >= 4 is 27.7 Å². The van der Waals surface area contributed by atoms with Gasteiger partial charge in [-0.15, -0.1) is 0 Å². The van der Waals surface area contributed by atoms with Gasteiger partial charge in [0.15, 0.2) is 0 Å². The highest BCUT2D eigenvalue weighted by molar-refractivity contribution is 9.09. The van der Waals surface area contributed by atoms with Gasteiger partial charge in [0, 0.05) is 43.8 Å². The number of amides is 2. The maximum Gasteiger partial charge on any atom is 0.226 e. The minimum absolute atomic E-state index is 0.220. The van der Waals surface area contributed by atoms with Crippen LogP contribution in [0.15, 0.2) is 60.7 Å². The zero-order chi connectivity index (χ0) is 30.6. The smallest absolute Gasteiger partial charge is 0.226 e. The zero-order valence-electron chi connectivity index (χ0n) is 27.0. The van der Waals surface area contributed by atoms with Crippen molar-refractivity contribution in [3.8, 4) is 0 Å². The average molecular weight is 628 g/mol. The van der Waals surface area contributed by atoms with Crippen molar-refractivity contribution in [1.82, 2.24) is 9.80 Å². The number of alkyl halides is 1. The van der Waals surface area contributed by atoms with Crippen LogP contribution in [0.1, 0.15) is 92.2 Å². The third-order valence-electron chi connectivity index (χ3n) is 7.71. The molecule has 2 aromatic carbocycles. The number of nitrogens with zero attached hydrogens (tertiary/aromatic N) is 2. The van der Waals surface area contributed by atoms with Crippen LogP contribution in [0, 0.1) is 28.6 Å². The van der Waals surface area contributed by atoms with E-state index in [0.29, 0.717) is 40.9 Å². The van der Waals surface area contributed by atoms with Crippen molar-refractivity contribution in [3.63, 3.8) is 0 Å². The molecule has 2 saturated heterocycles. The Morgan fingerprint density at radius 3 is 1.61 bits per heavy atom. The average Bonchev–Trinajstić information content (AvgIpc) is 3.34. The van der Waals surface area contributed by atoms with Crippen molar-refractivity contribution in [2.45, 2.75) is 94.2 Å². The van der Waals surface area contributed by atoms with E-state index >= 15 is 0 Å². The highest BCUT2D eigenvalue weighted by atomic mass is 79.9. The predicted octanol–water partition coefficient (Wildman–Crippen LogP) is 8.98. The molecule has 2 aliphatic rings. The second-order valence-electron chi connectivity index (χ2n) is 14.5. The largest absolute Gasteiger partial charge is 0.338 e. The van der Waals surface area contributed by atoms with Gasteiger partial charge in [-0.25, -0.2) is 0 Å². The normalized spacial score (nSPS) is 20.9. The number of hydrogen-bond acceptors (Lipinski definition) is 2. The second kappa shape index (κ2) is 16.5. The fourth-order valence-corrected chi connectivity index (χ4v) is 6.38. The van der Waals surface area contributed by atoms with E-state index in [-0.39, 0.29) is 5.92 Å². The van der Waals surface area contributed by atoms with Gasteiger partial charge in [-0.1, -0.05) is 132 Å². The first kappa shape index (κ1) is 35.1. The van der Waals surface area contributed by atoms with Gasteiger partial charge in [-0.2, -0.15) is 0 Å². The number of carbonyl (C=O) groups excluding carboxylic acids is 2. The van der Waals surface area contributed by atoms with Gasteiger partial charge in [0.1, 0.15) is 0 Å². The van der Waals surface area contributed by atoms with Gasteiger partial charge in [0.25, 0.3) is 0 Å². The predicted molar refractivity (Wildman–Crippen MR) is 177 cm³/mol. The Bertz CT molecular complexity index is 1040. The van der Waals surface area contributed by atoms with Crippen LogP contribution < -0.4 is 0 Å². The van der Waals surface area contributed by atoms with Crippen LogP contribution in [0.25, 0.3) is 0 Å². The van der Waals surface area contributed by atoms with Gasteiger partial charge in [-0.05, 0) is 53.1 Å². The summed E-state index contributed by atoms with van der Waals surface area (Å²) < 4.78 is 0. The summed E-state index contributed by atoms with van der Waals surface area (Å²) in [5.74, 6) is 1.87. The van der Waals surface area contributed by atoms with Gasteiger partial charge in [-0.3, -0.25) is 9.59 Å². The SMILES string of the molecule is CC(C)(C)CCBr.CC1CC(=O)N(Cc2ccccc2)C1.CC1CN(Cc2ccccc2)C(=O)C1CCC(C)(C)C. The Morgan fingerprint density at radius 1 is 0.732 bits per heavy atom. The molecule has 41 heavy (non-hydrogen) atoms. The maximum absolute atomic E-state index is 12.6. The topological polar surface area (TPSA) is 40.6 Å². The molecular formula is C36H55BrN2O2. The quantitative estimate of drug-likeness (QED) is 0.288. The molecule has 0 saturated carbocycles. The molecule has 0 bridgehead atoms. The molecule has 2 amide bonds. The Morgan fingerprint density at radius 2 is 1.22 bits per heavy atom. The minimum atomic E-state index is 0.220. The Labute approximate surface area is 259 Å². The summed E-state index contributed by atoms with van der Waals surface area (Å²) in [5.41, 5.74) is 3.26. The van der Waals surface area contributed by atoms with E-state index in [9.17, 15) is 9.59 Å². The summed E-state index contributed by atoms with van der Waals surface area (Å²) in [6, 6.07) is 20.4. The first-order chi connectivity index (χ1) is 19.2. The molecule has 2 fully saturated rings. The second-order valence-corrected chi connectivity index (χ2v) is 15.2. The van der Waals surface area contributed by atoms with Gasteiger partial charge in [0.2, 0.25) is 11.8 Å². The number of likely N-dealkylation sites (tertiary alicyclic amines) is 2. The lowest BCUT2D eigenvalue weighted by atomic mass is 9.83. The molecular weight excluding hydrogens is 572 g/mol. The Kier molecular flexibility index (Phi) is 14.1. The fourth-order valence-electron chi connectivity index (χ4n) is 5.20. The van der Waals surface area contributed by atoms with E-state index in [1.807, 2.05) is 46.2 Å². The maximum atomic E-state index is 12.6. The highest BCUT2D eigenvalue weighted by Crippen LogP contribution is 2.33. The monoisotopic (exact) mass is 626 g/mol. The Balaban J connectivity index is 0.000000242. The van der Waals surface area contributed by atoms with Crippen LogP contribution in [-0.2, 0) is 22.7 Å². The van der Waals surface area contributed by atoms with Gasteiger partial charge in [0.05, 0.1) is 0 Å². The van der Waals surface area contributed by atoms with Crippen molar-refractivity contribution < 1.29 is 9.59 Å². The lowest BCUT2D eigenvalue weighted by Gasteiger charge is -2.21. The molecule has 3 atom stereocenters. The number of halogens is 1. The van der Waals surface area contributed by atoms with Crippen LogP contribution in [0.2, 0.25) is 0 Å². The lowest BCUT2D eigenvalue weighted by Crippen LogP contribution is -2.27. The van der Waals surface area contributed by atoms with E-state index in [2.05, 4.69) is 95.6 Å². The standard InChI is InChI=1S/C18H27NO.C12H15NO.C6H13Br/c1-14-12-19(13-15-8-6-5-7-9-15)17(20)16(14)10-11-18(2,3)4;1-10-7-12(14)13(8-10)9-11-5-3-2-4-6-11;1-6(2,3)4-5-7/h5-9,14,16H,10-13H2,1-4H3;2-6,10H,7-9H2,1H3;4-5H2,1-3H3.